The molecule has 0 spiro atoms. The van der Waals surface area contributed by atoms with Gasteiger partial charge in [0.15, 0.2) is 0 Å². The number of thioether (sulfide) groups is 1. The van der Waals surface area contributed by atoms with E-state index in [4.69, 9.17) is 21.1 Å². The monoisotopic (exact) mass is 429 g/mol. The first-order chi connectivity index (χ1) is 14.1. The van der Waals surface area contributed by atoms with Gasteiger partial charge in [0.25, 0.3) is 0 Å². The van der Waals surface area contributed by atoms with Crippen LogP contribution in [0.4, 0.5) is 0 Å². The zero-order valence-corrected chi connectivity index (χ0v) is 17.6. The van der Waals surface area contributed by atoms with Crippen LogP contribution in [0.5, 0.6) is 11.5 Å². The third-order valence-corrected chi connectivity index (χ3v) is 5.40. The molecular formula is C21H20ClN3O3S. The topological polar surface area (TPSA) is 73.3 Å². The molecule has 1 amide bonds. The molecule has 0 saturated heterocycles. The Morgan fingerprint density at radius 3 is 2.59 bits per heavy atom. The Kier molecular flexibility index (Phi) is 7.32. The van der Waals surface area contributed by atoms with Gasteiger partial charge >= 0.3 is 0 Å². The van der Waals surface area contributed by atoms with Crippen molar-refractivity contribution in [3.05, 3.63) is 65.2 Å². The van der Waals surface area contributed by atoms with Crippen LogP contribution in [0.1, 0.15) is 5.56 Å². The maximum Gasteiger partial charge on any atom is 0.230 e. The highest BCUT2D eigenvalue weighted by Crippen LogP contribution is 2.32. The van der Waals surface area contributed by atoms with Crippen molar-refractivity contribution in [3.8, 4) is 22.8 Å². The standard InChI is InChI=1S/C21H20ClN3O3S/c1-27-15-7-8-16(19(11-15)28-2)18-9-10-21(25-24-18)29-13-20(26)23-12-14-5-3-4-6-17(14)22/h3-11H,12-13H2,1-2H3,(H,23,26). The number of hydrogen-bond acceptors (Lipinski definition) is 6. The molecule has 0 fully saturated rings. The molecule has 0 aliphatic heterocycles. The van der Waals surface area contributed by atoms with Gasteiger partial charge in [-0.25, -0.2) is 0 Å². The molecule has 0 saturated carbocycles. The van der Waals surface area contributed by atoms with Gasteiger partial charge in [0.05, 0.1) is 25.7 Å². The van der Waals surface area contributed by atoms with Gasteiger partial charge in [-0.3, -0.25) is 4.79 Å². The number of halogens is 1. The first kappa shape index (κ1) is 21.0. The quantitative estimate of drug-likeness (QED) is 0.540. The maximum absolute atomic E-state index is 12.1. The lowest BCUT2D eigenvalue weighted by Crippen LogP contribution is -2.24. The Bertz CT molecular complexity index is 983. The minimum absolute atomic E-state index is 0.0994. The van der Waals surface area contributed by atoms with Crippen LogP contribution in [0.25, 0.3) is 11.3 Å². The molecule has 0 radical (unpaired) electrons. The van der Waals surface area contributed by atoms with Crippen LogP contribution in [-0.2, 0) is 11.3 Å². The van der Waals surface area contributed by atoms with Crippen LogP contribution in [0.3, 0.4) is 0 Å². The molecule has 0 unspecified atom stereocenters. The first-order valence-electron chi connectivity index (χ1n) is 8.79. The van der Waals surface area contributed by atoms with Gasteiger partial charge < -0.3 is 14.8 Å². The van der Waals surface area contributed by atoms with Gasteiger partial charge in [-0.1, -0.05) is 41.6 Å². The second-order valence-corrected chi connectivity index (χ2v) is 7.38. The van der Waals surface area contributed by atoms with Crippen molar-refractivity contribution in [1.29, 1.82) is 0 Å². The lowest BCUT2D eigenvalue weighted by Gasteiger charge is -2.10. The van der Waals surface area contributed by atoms with E-state index in [0.29, 0.717) is 33.8 Å². The normalized spacial score (nSPS) is 10.4. The van der Waals surface area contributed by atoms with Gasteiger partial charge in [-0.2, -0.15) is 0 Å². The number of hydrogen-bond donors (Lipinski definition) is 1. The van der Waals surface area contributed by atoms with Crippen LogP contribution in [-0.4, -0.2) is 36.1 Å². The Labute approximate surface area is 178 Å². The van der Waals surface area contributed by atoms with Gasteiger partial charge in [0.1, 0.15) is 16.5 Å². The number of ether oxygens (including phenoxy) is 2. The highest BCUT2D eigenvalue weighted by atomic mass is 35.5. The number of carbonyl (C=O) groups excluding carboxylic acids is 1. The third-order valence-electron chi connectivity index (χ3n) is 4.11. The number of amides is 1. The molecule has 0 aliphatic carbocycles. The number of nitrogens with one attached hydrogen (secondary N) is 1. The number of carbonyl (C=O) groups is 1. The van der Waals surface area contributed by atoms with Crippen molar-refractivity contribution < 1.29 is 14.3 Å². The summed E-state index contributed by atoms with van der Waals surface area (Å²) < 4.78 is 10.6. The summed E-state index contributed by atoms with van der Waals surface area (Å²) in [6, 6.07) is 16.6. The van der Waals surface area contributed by atoms with E-state index in [1.165, 1.54) is 11.8 Å². The van der Waals surface area contributed by atoms with Crippen molar-refractivity contribution in [2.45, 2.75) is 11.6 Å². The Morgan fingerprint density at radius 1 is 1.07 bits per heavy atom. The summed E-state index contributed by atoms with van der Waals surface area (Å²) >= 11 is 7.41. The molecule has 1 heterocycles. The summed E-state index contributed by atoms with van der Waals surface area (Å²) in [6.07, 6.45) is 0. The first-order valence-corrected chi connectivity index (χ1v) is 10.2. The van der Waals surface area contributed by atoms with E-state index in [9.17, 15) is 4.79 Å². The molecule has 8 heteroatoms. The molecule has 2 aromatic carbocycles. The van der Waals surface area contributed by atoms with Crippen LogP contribution < -0.4 is 14.8 Å². The molecule has 1 aromatic heterocycles. The summed E-state index contributed by atoms with van der Waals surface area (Å²) in [4.78, 5) is 12.1. The van der Waals surface area contributed by atoms with E-state index in [0.717, 1.165) is 11.1 Å². The molecule has 6 nitrogen and oxygen atoms in total. The Hall–Kier alpha value is -2.77. The van der Waals surface area contributed by atoms with Gasteiger partial charge in [-0.15, -0.1) is 10.2 Å². The summed E-state index contributed by atoms with van der Waals surface area (Å²) in [5, 5.41) is 12.6. The lowest BCUT2D eigenvalue weighted by molar-refractivity contribution is -0.118. The van der Waals surface area contributed by atoms with E-state index in [2.05, 4.69) is 15.5 Å². The Morgan fingerprint density at radius 2 is 1.90 bits per heavy atom. The zero-order chi connectivity index (χ0) is 20.6. The van der Waals surface area contributed by atoms with Crippen LogP contribution in [0.2, 0.25) is 5.02 Å². The second kappa shape index (κ2) is 10.1. The second-order valence-electron chi connectivity index (χ2n) is 5.98. The molecule has 3 rings (SSSR count). The average molecular weight is 430 g/mol. The van der Waals surface area contributed by atoms with Gasteiger partial charge in [0.2, 0.25) is 5.91 Å². The van der Waals surface area contributed by atoms with Crippen LogP contribution >= 0.6 is 23.4 Å². The molecule has 1 N–H and O–H groups in total. The Balaban J connectivity index is 1.57. The predicted octanol–water partition coefficient (Wildman–Crippen LogP) is 4.22. The number of aromatic nitrogens is 2. The summed E-state index contributed by atoms with van der Waals surface area (Å²) in [5.74, 6) is 1.49. The van der Waals surface area contributed by atoms with E-state index < -0.39 is 0 Å². The van der Waals surface area contributed by atoms with E-state index in [-0.39, 0.29) is 11.7 Å². The fourth-order valence-corrected chi connectivity index (χ4v) is 3.42. The number of benzene rings is 2. The molecule has 150 valence electrons. The molecule has 0 aliphatic rings. The maximum atomic E-state index is 12.1. The number of rotatable bonds is 8. The third kappa shape index (κ3) is 5.62. The smallest absolute Gasteiger partial charge is 0.230 e. The van der Waals surface area contributed by atoms with Gasteiger partial charge in [-0.05, 0) is 35.9 Å². The highest BCUT2D eigenvalue weighted by molar-refractivity contribution is 7.99. The zero-order valence-electron chi connectivity index (χ0n) is 16.0. The fraction of sp³-hybridized carbons (Fsp3) is 0.190. The number of nitrogens with zero attached hydrogens (tertiary/aromatic N) is 2. The minimum atomic E-state index is -0.0994. The predicted molar refractivity (Wildman–Crippen MR) is 115 cm³/mol. The summed E-state index contributed by atoms with van der Waals surface area (Å²) in [5.41, 5.74) is 2.37. The molecular weight excluding hydrogens is 410 g/mol. The van der Waals surface area contributed by atoms with Crippen LogP contribution in [0.15, 0.2) is 59.6 Å². The highest BCUT2D eigenvalue weighted by Gasteiger charge is 2.11. The number of methoxy groups -OCH3 is 2. The van der Waals surface area contributed by atoms with E-state index in [1.54, 1.807) is 26.4 Å². The molecule has 29 heavy (non-hydrogen) atoms. The van der Waals surface area contributed by atoms with Crippen molar-refractivity contribution in [3.63, 3.8) is 0 Å². The van der Waals surface area contributed by atoms with Crippen molar-refractivity contribution in [2.75, 3.05) is 20.0 Å². The minimum Gasteiger partial charge on any atom is -0.497 e. The lowest BCUT2D eigenvalue weighted by atomic mass is 10.1. The summed E-state index contributed by atoms with van der Waals surface area (Å²) in [6.45, 7) is 0.390. The van der Waals surface area contributed by atoms with Crippen LogP contribution in [0, 0.1) is 0 Å². The van der Waals surface area contributed by atoms with E-state index >= 15 is 0 Å². The molecule has 3 aromatic rings. The van der Waals surface area contributed by atoms with Crippen molar-refractivity contribution >= 4 is 29.3 Å². The van der Waals surface area contributed by atoms with Crippen molar-refractivity contribution in [1.82, 2.24) is 15.5 Å². The van der Waals surface area contributed by atoms with E-state index in [1.807, 2.05) is 42.5 Å². The van der Waals surface area contributed by atoms with Crippen molar-refractivity contribution in [2.24, 2.45) is 0 Å². The summed E-state index contributed by atoms with van der Waals surface area (Å²) in [7, 11) is 3.20. The molecule has 0 bridgehead atoms. The largest absolute Gasteiger partial charge is 0.497 e. The molecule has 0 atom stereocenters. The fourth-order valence-electron chi connectivity index (χ4n) is 2.58. The van der Waals surface area contributed by atoms with Gasteiger partial charge in [0, 0.05) is 23.2 Å². The SMILES string of the molecule is COc1ccc(-c2ccc(SCC(=O)NCc3ccccc3Cl)nn2)c(OC)c1. The average Bonchev–Trinajstić information content (AvgIpc) is 2.77.